The molecule has 0 bridgehead atoms. The molecule has 0 aliphatic carbocycles. The molecule has 4 atom stereocenters. The molecule has 3 aromatic carbocycles. The lowest BCUT2D eigenvalue weighted by Gasteiger charge is -2.43. The van der Waals surface area contributed by atoms with Crippen molar-refractivity contribution in [2.45, 2.75) is 89.4 Å². The van der Waals surface area contributed by atoms with E-state index in [1.807, 2.05) is 107 Å². The first-order valence-corrected chi connectivity index (χ1v) is 21.8. The molecule has 60 heavy (non-hydrogen) atoms. The van der Waals surface area contributed by atoms with Crippen LogP contribution in [0.15, 0.2) is 90.0 Å². The normalized spacial score (nSPS) is 18.4. The number of H-pyrrole nitrogens is 1. The summed E-state index contributed by atoms with van der Waals surface area (Å²) >= 11 is 0. The first-order valence-electron chi connectivity index (χ1n) is 20.0. The number of amides is 1. The van der Waals surface area contributed by atoms with Crippen molar-refractivity contribution in [1.29, 1.82) is 5.26 Å². The maximum atomic E-state index is 17.9. The van der Waals surface area contributed by atoms with Crippen LogP contribution in [-0.4, -0.2) is 87.1 Å². The number of methoxy groups -OCH3 is 2. The van der Waals surface area contributed by atoms with E-state index in [1.165, 1.54) is 10.9 Å². The van der Waals surface area contributed by atoms with Gasteiger partial charge < -0.3 is 23.5 Å². The van der Waals surface area contributed by atoms with Gasteiger partial charge in [-0.3, -0.25) is 24.5 Å². The zero-order chi connectivity index (χ0) is 43.4. The molecule has 1 saturated heterocycles. The third kappa shape index (κ3) is 8.34. The highest BCUT2D eigenvalue weighted by atomic mass is 31.2. The quantitative estimate of drug-likeness (QED) is 0.0695. The lowest BCUT2D eigenvalue weighted by molar-refractivity contribution is -0.118. The third-order valence-corrected chi connectivity index (χ3v) is 15.3. The molecule has 14 nitrogen and oxygen atoms in total. The Hall–Kier alpha value is -5.39. The van der Waals surface area contributed by atoms with Gasteiger partial charge >= 0.3 is 0 Å². The summed E-state index contributed by atoms with van der Waals surface area (Å²) in [6, 6.07) is 25.6. The van der Waals surface area contributed by atoms with Crippen LogP contribution in [0.4, 0.5) is 10.3 Å². The number of hydrogen-bond donors (Lipinski definition) is 2. The number of hydrogen-bond acceptors (Lipinski definition) is 10. The summed E-state index contributed by atoms with van der Waals surface area (Å²) in [6.45, 7) is 10.5. The fourth-order valence-corrected chi connectivity index (χ4v) is 11.5. The number of carbonyl (C=O) groups is 1. The van der Waals surface area contributed by atoms with Crippen molar-refractivity contribution in [3.8, 4) is 17.6 Å². The predicted octanol–water partition coefficient (Wildman–Crippen LogP) is 7.65. The van der Waals surface area contributed by atoms with Crippen LogP contribution >= 0.6 is 7.29 Å². The van der Waals surface area contributed by atoms with Crippen LogP contribution in [-0.2, 0) is 24.4 Å². The Labute approximate surface area is 349 Å². The first kappa shape index (κ1) is 44.2. The number of nitrogens with zero attached hydrogens (tertiary/aromatic N) is 5. The highest BCUT2D eigenvalue weighted by Crippen LogP contribution is 2.61. The fraction of sp³-hybridized carbons (Fsp3) is 0.432. The molecule has 1 aliphatic heterocycles. The van der Waals surface area contributed by atoms with Gasteiger partial charge in [0.25, 0.3) is 5.56 Å². The Morgan fingerprint density at radius 3 is 2.05 bits per heavy atom. The lowest BCUT2D eigenvalue weighted by Crippen LogP contribution is -2.49. The number of carbonyl (C=O) groups excluding carboxylic acids is 1. The van der Waals surface area contributed by atoms with E-state index in [2.05, 4.69) is 26.3 Å². The summed E-state index contributed by atoms with van der Waals surface area (Å²) in [4.78, 5) is 37.1. The van der Waals surface area contributed by atoms with Gasteiger partial charge in [-0.1, -0.05) is 96.1 Å². The van der Waals surface area contributed by atoms with E-state index in [0.717, 1.165) is 16.7 Å². The van der Waals surface area contributed by atoms with E-state index in [0.29, 0.717) is 11.5 Å². The number of alkyl halides is 1. The van der Waals surface area contributed by atoms with Crippen LogP contribution in [0, 0.1) is 17.2 Å². The van der Waals surface area contributed by atoms with E-state index in [-0.39, 0.29) is 42.6 Å². The van der Waals surface area contributed by atoms with E-state index in [9.17, 15) is 14.9 Å². The Morgan fingerprint density at radius 1 is 0.967 bits per heavy atom. The van der Waals surface area contributed by atoms with Gasteiger partial charge in [0, 0.05) is 30.2 Å². The Kier molecular flexibility index (Phi) is 13.6. The molecular weight excluding hydrogens is 788 g/mol. The Balaban J connectivity index is 1.53. The molecule has 3 heterocycles. The van der Waals surface area contributed by atoms with Crippen molar-refractivity contribution in [3.05, 3.63) is 112 Å². The van der Waals surface area contributed by atoms with E-state index in [4.69, 9.17) is 18.9 Å². The highest BCUT2D eigenvalue weighted by Gasteiger charge is 2.55. The number of halogens is 1. The molecular formula is C44H53FN7O7P. The van der Waals surface area contributed by atoms with Gasteiger partial charge in [-0.25, -0.2) is 14.0 Å². The van der Waals surface area contributed by atoms with E-state index >= 15 is 8.96 Å². The van der Waals surface area contributed by atoms with Crippen LogP contribution in [0.25, 0.3) is 11.2 Å². The molecule has 0 radical (unpaired) electrons. The molecule has 1 amide bonds. The molecule has 318 valence electrons. The zero-order valence-corrected chi connectivity index (χ0v) is 36.1. The molecule has 0 saturated carbocycles. The molecule has 2 N–H and O–H groups in total. The largest absolute Gasteiger partial charge is 0.497 e. The van der Waals surface area contributed by atoms with E-state index < -0.39 is 60.2 Å². The van der Waals surface area contributed by atoms with Crippen molar-refractivity contribution in [2.24, 2.45) is 5.92 Å². The number of imidazole rings is 1. The molecule has 6 rings (SSSR count). The number of rotatable bonds is 17. The van der Waals surface area contributed by atoms with Crippen molar-refractivity contribution in [2.75, 3.05) is 32.7 Å². The smallest absolute Gasteiger partial charge is 0.280 e. The molecule has 1 aliphatic rings. The number of fused-ring (bicyclic) bond motifs is 1. The number of ether oxygens (including phenoxy) is 4. The summed E-state index contributed by atoms with van der Waals surface area (Å²) in [5.41, 5.74) is -0.663. The van der Waals surface area contributed by atoms with Crippen LogP contribution in [0.1, 0.15) is 70.9 Å². The molecule has 2 aromatic heterocycles. The topological polar surface area (TPSA) is 174 Å². The first-order chi connectivity index (χ1) is 28.7. The van der Waals surface area contributed by atoms with Gasteiger partial charge in [0.2, 0.25) is 11.9 Å². The molecule has 5 aromatic rings. The molecule has 0 unspecified atom stereocenters. The van der Waals surface area contributed by atoms with Crippen molar-refractivity contribution in [1.82, 2.24) is 24.2 Å². The van der Waals surface area contributed by atoms with Gasteiger partial charge in [0.1, 0.15) is 23.2 Å². The maximum absolute atomic E-state index is 17.9. The minimum absolute atomic E-state index is 0.00340. The molecule has 16 heteroatoms. The number of nitrogens with one attached hydrogen (secondary N) is 2. The average Bonchev–Trinajstić information content (AvgIpc) is 3.82. The summed E-state index contributed by atoms with van der Waals surface area (Å²) in [5, 5.41) is 12.4. The fourth-order valence-electron chi connectivity index (χ4n) is 8.00. The van der Waals surface area contributed by atoms with Gasteiger partial charge in [0.15, 0.2) is 30.9 Å². The second-order valence-electron chi connectivity index (χ2n) is 15.6. The summed E-state index contributed by atoms with van der Waals surface area (Å²) < 4.78 is 61.2. The number of aromatic amines is 1. The van der Waals surface area contributed by atoms with Crippen LogP contribution in [0.5, 0.6) is 11.5 Å². The second-order valence-corrected chi connectivity index (χ2v) is 19.6. The summed E-state index contributed by atoms with van der Waals surface area (Å²) in [7, 11) is -0.267. The SMILES string of the molecule is COc1ccc(C(OC[C@@H]2O[C@@H](n3cnc4c(=O)[nH]c(NC(=O)C(C)C)nc43)[C@H](F)[C@@H]2N(CCC#N)P(=O)(C(C)C)C(C)C)(c2ccccc2)c2ccc(OC)cc2)cc1. The second kappa shape index (κ2) is 18.5. The van der Waals surface area contributed by atoms with Crippen molar-refractivity contribution in [3.63, 3.8) is 0 Å². The predicted molar refractivity (Wildman–Crippen MR) is 227 cm³/mol. The highest BCUT2D eigenvalue weighted by molar-refractivity contribution is 7.62. The van der Waals surface area contributed by atoms with Gasteiger partial charge in [-0.2, -0.15) is 10.2 Å². The average molecular weight is 842 g/mol. The number of anilines is 1. The van der Waals surface area contributed by atoms with Crippen molar-refractivity contribution >= 4 is 30.3 Å². The summed E-state index contributed by atoms with van der Waals surface area (Å²) in [5.74, 6) is 0.334. The molecule has 1 fully saturated rings. The monoisotopic (exact) mass is 841 g/mol. The van der Waals surface area contributed by atoms with Gasteiger partial charge in [0.05, 0.1) is 39.3 Å². The number of aromatic nitrogens is 4. The Bertz CT molecular complexity index is 2340. The van der Waals surface area contributed by atoms with E-state index in [1.54, 1.807) is 32.7 Å². The minimum Gasteiger partial charge on any atom is -0.497 e. The summed E-state index contributed by atoms with van der Waals surface area (Å²) in [6.07, 6.45) is -3.20. The number of nitriles is 1. The van der Waals surface area contributed by atoms with Crippen molar-refractivity contribution < 1.29 is 32.7 Å². The maximum Gasteiger partial charge on any atom is 0.280 e. The zero-order valence-electron chi connectivity index (χ0n) is 35.2. The van der Waals surface area contributed by atoms with Crippen LogP contribution < -0.4 is 20.3 Å². The van der Waals surface area contributed by atoms with Gasteiger partial charge in [-0.05, 0) is 41.0 Å². The standard InChI is InChI=1S/C44H53FN7O7P/c1-27(2)40(53)49-43-48-39-37(41(54)50-43)47-26-51(39)42-36(45)38(52(24-12-23-46)60(55,28(3)4)29(5)6)35(59-42)25-58-44(30-13-10-9-11-14-30,31-15-19-33(56-7)20-16-31)32-17-21-34(57-8)22-18-32/h9-11,13-22,26-29,35-36,38,42H,12,24-25H2,1-8H3,(H2,48,49,50,53,54)/t35-,36+,38+,42+/m0/s1. The van der Waals surface area contributed by atoms with Gasteiger partial charge in [-0.15, -0.1) is 0 Å². The Morgan fingerprint density at radius 2 is 1.53 bits per heavy atom. The molecule has 0 spiro atoms. The lowest BCUT2D eigenvalue weighted by atomic mass is 9.80. The number of benzene rings is 3. The van der Waals surface area contributed by atoms with Crippen LogP contribution in [0.3, 0.4) is 0 Å². The third-order valence-electron chi connectivity index (χ3n) is 11.1. The minimum atomic E-state index is -3.44. The van der Waals surface area contributed by atoms with Crippen LogP contribution in [0.2, 0.25) is 0 Å².